The summed E-state index contributed by atoms with van der Waals surface area (Å²) < 4.78 is 4.93. The highest BCUT2D eigenvalue weighted by Gasteiger charge is 2.32. The van der Waals surface area contributed by atoms with E-state index in [1.54, 1.807) is 6.07 Å². The van der Waals surface area contributed by atoms with Crippen molar-refractivity contribution >= 4 is 17.6 Å². The Morgan fingerprint density at radius 1 is 1.48 bits per heavy atom. The Labute approximate surface area is 130 Å². The third-order valence-electron chi connectivity index (χ3n) is 4.21. The van der Waals surface area contributed by atoms with Gasteiger partial charge in [0.05, 0.1) is 13.2 Å². The summed E-state index contributed by atoms with van der Waals surface area (Å²) in [4.78, 5) is 14.1. The number of hydrogen-bond acceptors (Lipinski definition) is 4. The third kappa shape index (κ3) is 3.76. The Morgan fingerprint density at radius 2 is 2.19 bits per heavy atom. The molecule has 3 unspecified atom stereocenters. The molecule has 0 heterocycles. The molecule has 3 atom stereocenters. The van der Waals surface area contributed by atoms with Crippen LogP contribution in [0.15, 0.2) is 24.3 Å². The molecule has 5 heteroatoms. The van der Waals surface area contributed by atoms with E-state index in [0.717, 1.165) is 24.8 Å². The largest absolute Gasteiger partial charge is 0.468 e. The van der Waals surface area contributed by atoms with Gasteiger partial charge in [0, 0.05) is 11.6 Å². The Bertz CT molecular complexity index is 494. The molecule has 1 aromatic carbocycles. The Hall–Kier alpha value is -1.10. The van der Waals surface area contributed by atoms with Crippen molar-refractivity contribution in [3.05, 3.63) is 34.9 Å². The highest BCUT2D eigenvalue weighted by atomic mass is 35.5. The highest BCUT2D eigenvalue weighted by Crippen LogP contribution is 2.31. The summed E-state index contributed by atoms with van der Waals surface area (Å²) in [5.41, 5.74) is 0.737. The third-order valence-corrected chi connectivity index (χ3v) is 4.55. The molecule has 1 fully saturated rings. The first kappa shape index (κ1) is 16.3. The summed E-state index contributed by atoms with van der Waals surface area (Å²) in [6, 6.07) is 6.75. The van der Waals surface area contributed by atoms with Crippen molar-refractivity contribution < 1.29 is 14.6 Å². The summed E-state index contributed by atoms with van der Waals surface area (Å²) in [5.74, 6) is -0.136. The van der Waals surface area contributed by atoms with Crippen LogP contribution in [-0.4, -0.2) is 42.8 Å². The molecule has 116 valence electrons. The first-order valence-electron chi connectivity index (χ1n) is 7.25. The van der Waals surface area contributed by atoms with Gasteiger partial charge in [0.25, 0.3) is 0 Å². The zero-order valence-electron chi connectivity index (χ0n) is 12.5. The van der Waals surface area contributed by atoms with Gasteiger partial charge < -0.3 is 9.84 Å². The fourth-order valence-corrected chi connectivity index (χ4v) is 3.30. The van der Waals surface area contributed by atoms with Crippen LogP contribution in [0.25, 0.3) is 0 Å². The molecule has 4 nitrogen and oxygen atoms in total. The van der Waals surface area contributed by atoms with Crippen molar-refractivity contribution in [1.82, 2.24) is 4.90 Å². The number of carbonyl (C=O) groups is 1. The van der Waals surface area contributed by atoms with Crippen LogP contribution in [0.3, 0.4) is 0 Å². The van der Waals surface area contributed by atoms with Crippen molar-refractivity contribution in [2.24, 2.45) is 5.92 Å². The van der Waals surface area contributed by atoms with Gasteiger partial charge in [-0.1, -0.05) is 36.2 Å². The van der Waals surface area contributed by atoms with E-state index < -0.39 is 6.04 Å². The normalized spacial score (nSPS) is 23.3. The first-order chi connectivity index (χ1) is 10.0. The van der Waals surface area contributed by atoms with E-state index in [4.69, 9.17) is 16.3 Å². The van der Waals surface area contributed by atoms with Gasteiger partial charge in [-0.15, -0.1) is 0 Å². The number of aliphatic hydroxyl groups is 1. The van der Waals surface area contributed by atoms with Gasteiger partial charge in [0.15, 0.2) is 0 Å². The lowest BCUT2D eigenvalue weighted by atomic mass is 10.0. The van der Waals surface area contributed by atoms with E-state index in [0.29, 0.717) is 11.6 Å². The second-order valence-electron chi connectivity index (χ2n) is 5.65. The van der Waals surface area contributed by atoms with Gasteiger partial charge >= 0.3 is 5.97 Å². The number of aliphatic hydroxyl groups excluding tert-OH is 1. The molecule has 0 aliphatic heterocycles. The van der Waals surface area contributed by atoms with Crippen molar-refractivity contribution in [2.45, 2.75) is 31.4 Å². The smallest absolute Gasteiger partial charge is 0.327 e. The lowest BCUT2D eigenvalue weighted by Crippen LogP contribution is -2.37. The number of halogens is 1. The summed E-state index contributed by atoms with van der Waals surface area (Å²) in [6.07, 6.45) is 2.58. The maximum absolute atomic E-state index is 12.2. The predicted octanol–water partition coefficient (Wildman–Crippen LogP) is 2.65. The number of nitrogens with zero attached hydrogens (tertiary/aromatic N) is 1. The minimum atomic E-state index is -0.545. The zero-order valence-corrected chi connectivity index (χ0v) is 13.2. The number of carbonyl (C=O) groups excluding carboxylic acids is 1. The molecule has 0 bridgehead atoms. The molecule has 0 aromatic heterocycles. The molecular formula is C16H22ClNO3. The number of ether oxygens (including phenoxy) is 1. The summed E-state index contributed by atoms with van der Waals surface area (Å²) in [7, 11) is 3.25. The van der Waals surface area contributed by atoms with Crippen LogP contribution in [0.5, 0.6) is 0 Å². The van der Waals surface area contributed by atoms with Crippen LogP contribution in [-0.2, 0) is 9.53 Å². The Kier molecular flexibility index (Phi) is 5.62. The quantitative estimate of drug-likeness (QED) is 0.849. The van der Waals surface area contributed by atoms with E-state index in [2.05, 4.69) is 0 Å². The molecule has 0 saturated heterocycles. The summed E-state index contributed by atoms with van der Waals surface area (Å²) in [5, 5.41) is 10.5. The number of hydrogen-bond donors (Lipinski definition) is 1. The molecule has 2 rings (SSSR count). The molecule has 1 N–H and O–H groups in total. The molecule has 1 aromatic rings. The molecule has 0 spiro atoms. The van der Waals surface area contributed by atoms with Crippen LogP contribution in [0, 0.1) is 5.92 Å². The topological polar surface area (TPSA) is 49.8 Å². The molecule has 21 heavy (non-hydrogen) atoms. The molecule has 0 radical (unpaired) electrons. The number of esters is 1. The summed E-state index contributed by atoms with van der Waals surface area (Å²) in [6.45, 7) is 0.645. The maximum Gasteiger partial charge on any atom is 0.327 e. The van der Waals surface area contributed by atoms with Crippen LogP contribution in [0.1, 0.15) is 30.9 Å². The predicted molar refractivity (Wildman–Crippen MR) is 82.2 cm³/mol. The standard InChI is InChI=1S/C16H22ClNO3/c1-18(10-11-6-5-9-14(11)19)15(16(20)21-2)12-7-3-4-8-13(12)17/h3-4,7-8,11,14-15,19H,5-6,9-10H2,1-2H3. The van der Waals surface area contributed by atoms with E-state index in [1.165, 1.54) is 7.11 Å². The van der Waals surface area contributed by atoms with Gasteiger partial charge in [0.2, 0.25) is 0 Å². The monoisotopic (exact) mass is 311 g/mol. The van der Waals surface area contributed by atoms with Gasteiger partial charge in [-0.2, -0.15) is 0 Å². The van der Waals surface area contributed by atoms with E-state index >= 15 is 0 Å². The first-order valence-corrected chi connectivity index (χ1v) is 7.63. The Morgan fingerprint density at radius 3 is 2.76 bits per heavy atom. The van der Waals surface area contributed by atoms with Crippen molar-refractivity contribution in [3.63, 3.8) is 0 Å². The van der Waals surface area contributed by atoms with Gasteiger partial charge in [0.1, 0.15) is 6.04 Å². The fraction of sp³-hybridized carbons (Fsp3) is 0.562. The fourth-order valence-electron chi connectivity index (χ4n) is 3.06. The van der Waals surface area contributed by atoms with E-state index in [-0.39, 0.29) is 18.0 Å². The second kappa shape index (κ2) is 7.25. The minimum Gasteiger partial charge on any atom is -0.468 e. The molecule has 1 aliphatic rings. The van der Waals surface area contributed by atoms with Crippen LogP contribution < -0.4 is 0 Å². The molecule has 1 saturated carbocycles. The summed E-state index contributed by atoms with van der Waals surface area (Å²) >= 11 is 6.23. The maximum atomic E-state index is 12.2. The SMILES string of the molecule is COC(=O)C(c1ccccc1Cl)N(C)CC1CCCC1O. The van der Waals surface area contributed by atoms with Crippen LogP contribution >= 0.6 is 11.6 Å². The Balaban J connectivity index is 2.20. The lowest BCUT2D eigenvalue weighted by Gasteiger charge is -2.30. The van der Waals surface area contributed by atoms with Crippen molar-refractivity contribution in [3.8, 4) is 0 Å². The van der Waals surface area contributed by atoms with Crippen molar-refractivity contribution in [2.75, 3.05) is 20.7 Å². The van der Waals surface area contributed by atoms with Crippen LogP contribution in [0.4, 0.5) is 0 Å². The van der Waals surface area contributed by atoms with Crippen LogP contribution in [0.2, 0.25) is 5.02 Å². The molecule has 0 amide bonds. The number of likely N-dealkylation sites (N-methyl/N-ethyl adjacent to an activating group) is 1. The number of benzene rings is 1. The van der Waals surface area contributed by atoms with E-state index in [1.807, 2.05) is 30.1 Å². The second-order valence-corrected chi connectivity index (χ2v) is 6.05. The lowest BCUT2D eigenvalue weighted by molar-refractivity contribution is -0.147. The minimum absolute atomic E-state index is 0.199. The van der Waals surface area contributed by atoms with E-state index in [9.17, 15) is 9.90 Å². The highest BCUT2D eigenvalue weighted by molar-refractivity contribution is 6.31. The van der Waals surface area contributed by atoms with Gasteiger partial charge in [-0.3, -0.25) is 4.90 Å². The molecular weight excluding hydrogens is 290 g/mol. The number of methoxy groups -OCH3 is 1. The zero-order chi connectivity index (χ0) is 15.4. The average Bonchev–Trinajstić information content (AvgIpc) is 2.86. The van der Waals surface area contributed by atoms with Crippen molar-refractivity contribution in [1.29, 1.82) is 0 Å². The average molecular weight is 312 g/mol. The van der Waals surface area contributed by atoms with Gasteiger partial charge in [-0.05, 0) is 37.4 Å². The number of rotatable bonds is 5. The molecule has 1 aliphatic carbocycles. The van der Waals surface area contributed by atoms with Gasteiger partial charge in [-0.25, -0.2) is 4.79 Å².